The van der Waals surface area contributed by atoms with Crippen LogP contribution >= 0.6 is 7.60 Å². The minimum absolute atomic E-state index is 0.0202. The fourth-order valence-corrected chi connectivity index (χ4v) is 4.09. The molecule has 0 atom stereocenters. The van der Waals surface area contributed by atoms with Crippen LogP contribution in [0.25, 0.3) is 6.08 Å². The van der Waals surface area contributed by atoms with Gasteiger partial charge in [-0.25, -0.2) is 4.79 Å². The van der Waals surface area contributed by atoms with Gasteiger partial charge in [-0.1, -0.05) is 0 Å². The van der Waals surface area contributed by atoms with Crippen molar-refractivity contribution in [3.8, 4) is 11.5 Å². The molecule has 12 heteroatoms. The molecule has 1 N–H and O–H groups in total. The molecule has 186 valence electrons. The molecule has 0 aromatic heterocycles. The van der Waals surface area contributed by atoms with Crippen molar-refractivity contribution in [1.82, 2.24) is 0 Å². The van der Waals surface area contributed by atoms with Gasteiger partial charge in [0.1, 0.15) is 23.7 Å². The number of carboxylic acids is 1. The summed E-state index contributed by atoms with van der Waals surface area (Å²) >= 11 is 0. The maximum Gasteiger partial charge on any atom is 0.399 e. The number of carboxylic acid groups (broad SMARTS) is 1. The van der Waals surface area contributed by atoms with Gasteiger partial charge in [-0.15, -0.1) is 0 Å². The molecule has 0 saturated heterocycles. The molecule has 0 aliphatic carbocycles. The molecule has 0 fully saturated rings. The summed E-state index contributed by atoms with van der Waals surface area (Å²) in [6.07, 6.45) is 0.348. The van der Waals surface area contributed by atoms with Gasteiger partial charge in [0.25, 0.3) is 0 Å². The number of hydrogen-bond donors (Lipinski definition) is 1. The molecule has 0 aliphatic heterocycles. The Morgan fingerprint density at radius 1 is 1.12 bits per heavy atom. The van der Waals surface area contributed by atoms with Crippen LogP contribution < -0.4 is 9.47 Å². The Labute approximate surface area is 191 Å². The Bertz CT molecular complexity index is 860. The van der Waals surface area contributed by atoms with Crippen LogP contribution in [0.5, 0.6) is 11.5 Å². The number of Topliss-reactive ketones (excluding diaryl/α,β-unsaturated/α-hetero) is 1. The van der Waals surface area contributed by atoms with E-state index in [1.165, 1.54) is 45.2 Å². The van der Waals surface area contributed by atoms with Crippen molar-refractivity contribution in [1.29, 1.82) is 0 Å². The predicted octanol–water partition coefficient (Wildman–Crippen LogP) is 4.40. The van der Waals surface area contributed by atoms with E-state index >= 15 is 0 Å². The number of methoxy groups -OCH3 is 1. The van der Waals surface area contributed by atoms with Crippen molar-refractivity contribution in [3.63, 3.8) is 0 Å². The molecule has 0 aliphatic rings. The molecule has 9 nitrogen and oxygen atoms in total. The molecule has 1 rings (SSSR count). The van der Waals surface area contributed by atoms with Crippen molar-refractivity contribution in [2.45, 2.75) is 32.9 Å². The van der Waals surface area contributed by atoms with Crippen molar-refractivity contribution >= 4 is 25.4 Å². The zero-order valence-electron chi connectivity index (χ0n) is 19.0. The third kappa shape index (κ3) is 8.51. The van der Waals surface area contributed by atoms with Gasteiger partial charge in [0.2, 0.25) is 0 Å². The van der Waals surface area contributed by atoms with Crippen molar-refractivity contribution in [2.75, 3.05) is 40.1 Å². The summed E-state index contributed by atoms with van der Waals surface area (Å²) in [4.78, 5) is 22.6. The summed E-state index contributed by atoms with van der Waals surface area (Å²) in [5, 5.41) is 9.11. The predicted molar refractivity (Wildman–Crippen MR) is 116 cm³/mol. The van der Waals surface area contributed by atoms with E-state index in [4.69, 9.17) is 19.3 Å². The number of aliphatic carboxylic acids is 1. The first-order chi connectivity index (χ1) is 15.5. The lowest BCUT2D eigenvalue weighted by molar-refractivity contribution is -0.134. The Morgan fingerprint density at radius 3 is 2.27 bits per heavy atom. The molecule has 0 unspecified atom stereocenters. The number of halogens is 2. The lowest BCUT2D eigenvalue weighted by atomic mass is 10.1. The quantitative estimate of drug-likeness (QED) is 0.117. The summed E-state index contributed by atoms with van der Waals surface area (Å²) in [5.74, 6) is -1.33. The molecule has 1 aromatic rings. The van der Waals surface area contributed by atoms with Gasteiger partial charge in [0.05, 0.1) is 33.5 Å². The van der Waals surface area contributed by atoms with E-state index < -0.39 is 43.6 Å². The molecule has 0 bridgehead atoms. The zero-order chi connectivity index (χ0) is 25.1. The van der Waals surface area contributed by atoms with Crippen LogP contribution in [0, 0.1) is 0 Å². The van der Waals surface area contributed by atoms with Gasteiger partial charge in [0.15, 0.2) is 5.78 Å². The zero-order valence-corrected chi connectivity index (χ0v) is 19.9. The summed E-state index contributed by atoms with van der Waals surface area (Å²) in [6, 6.07) is 4.53. The van der Waals surface area contributed by atoms with E-state index in [0.29, 0.717) is 11.3 Å². The second-order valence-corrected chi connectivity index (χ2v) is 8.70. The van der Waals surface area contributed by atoms with E-state index in [0.717, 1.165) is 6.92 Å². The summed E-state index contributed by atoms with van der Waals surface area (Å²) in [6.45, 7) is 3.29. The first kappa shape index (κ1) is 28.7. The van der Waals surface area contributed by atoms with Gasteiger partial charge in [0, 0.05) is 18.1 Å². The molecule has 0 radical (unpaired) electrons. The average molecular weight is 494 g/mol. The summed E-state index contributed by atoms with van der Waals surface area (Å²) < 4.78 is 65.9. The van der Waals surface area contributed by atoms with Crippen LogP contribution in [0.3, 0.4) is 0 Å². The second kappa shape index (κ2) is 13.4. The van der Waals surface area contributed by atoms with Gasteiger partial charge in [-0.3, -0.25) is 9.36 Å². The number of ketones is 1. The normalized spacial score (nSPS) is 12.5. The number of ether oxygens (including phenoxy) is 3. The number of carbonyl (C=O) groups excluding carboxylic acids is 1. The molecule has 0 saturated carbocycles. The first-order valence-corrected chi connectivity index (χ1v) is 11.7. The highest BCUT2D eigenvalue weighted by atomic mass is 31.2. The Balaban J connectivity index is 2.63. The van der Waals surface area contributed by atoms with Crippen LogP contribution in [0.2, 0.25) is 0 Å². The molecule has 0 amide bonds. The third-order valence-electron chi connectivity index (χ3n) is 4.16. The minimum Gasteiger partial charge on any atom is -0.496 e. The van der Waals surface area contributed by atoms with Crippen LogP contribution in [-0.4, -0.2) is 62.7 Å². The van der Waals surface area contributed by atoms with Crippen molar-refractivity contribution in [3.05, 3.63) is 29.3 Å². The number of rotatable bonds is 16. The van der Waals surface area contributed by atoms with E-state index in [-0.39, 0.29) is 32.2 Å². The number of benzene rings is 1. The van der Waals surface area contributed by atoms with Gasteiger partial charge >= 0.3 is 19.2 Å². The van der Waals surface area contributed by atoms with Gasteiger partial charge in [-0.2, -0.15) is 8.78 Å². The highest BCUT2D eigenvalue weighted by molar-refractivity contribution is 7.55. The molecular weight excluding hydrogens is 465 g/mol. The van der Waals surface area contributed by atoms with E-state index in [2.05, 4.69) is 9.05 Å². The Kier molecular flexibility index (Phi) is 11.7. The largest absolute Gasteiger partial charge is 0.496 e. The van der Waals surface area contributed by atoms with Crippen LogP contribution in [-0.2, 0) is 27.9 Å². The highest BCUT2D eigenvalue weighted by Gasteiger charge is 2.52. The lowest BCUT2D eigenvalue weighted by Crippen LogP contribution is -2.23. The van der Waals surface area contributed by atoms with Crippen molar-refractivity contribution < 1.29 is 51.3 Å². The Hall–Kier alpha value is -2.33. The number of carbonyl (C=O) groups is 2. The first-order valence-electron chi connectivity index (χ1n) is 10.1. The van der Waals surface area contributed by atoms with Crippen molar-refractivity contribution in [2.24, 2.45) is 0 Å². The maximum absolute atomic E-state index is 14.2. The van der Waals surface area contributed by atoms with Gasteiger partial charge in [-0.05, 0) is 39.0 Å². The summed E-state index contributed by atoms with van der Waals surface area (Å²) in [5.41, 5.74) is -3.72. The highest BCUT2D eigenvalue weighted by Crippen LogP contribution is 2.63. The monoisotopic (exact) mass is 494 g/mol. The average Bonchev–Trinajstić information content (AvgIpc) is 2.74. The number of alkyl halides is 2. The SMILES string of the molecule is CCOP(=O)(OCC)C(F)(F)CCOCCOc1ccc(/C=C(\C(C)=O)C(=O)O)c(OC)c1. The maximum atomic E-state index is 14.2. The van der Waals surface area contributed by atoms with E-state index in [1.807, 2.05) is 0 Å². The van der Waals surface area contributed by atoms with Gasteiger partial charge < -0.3 is 28.4 Å². The second-order valence-electron chi connectivity index (χ2n) is 6.53. The van der Waals surface area contributed by atoms with Crippen LogP contribution in [0.15, 0.2) is 23.8 Å². The molecule has 0 heterocycles. The van der Waals surface area contributed by atoms with E-state index in [1.54, 1.807) is 0 Å². The van der Waals surface area contributed by atoms with E-state index in [9.17, 15) is 22.9 Å². The van der Waals surface area contributed by atoms with Crippen LogP contribution in [0.1, 0.15) is 32.8 Å². The fourth-order valence-electron chi connectivity index (χ4n) is 2.59. The minimum atomic E-state index is -4.58. The third-order valence-corrected chi connectivity index (χ3v) is 6.38. The Morgan fingerprint density at radius 2 is 1.76 bits per heavy atom. The topological polar surface area (TPSA) is 118 Å². The molecular formula is C21H29F2O9P. The fraction of sp³-hybridized carbons (Fsp3) is 0.524. The smallest absolute Gasteiger partial charge is 0.399 e. The lowest BCUT2D eigenvalue weighted by Gasteiger charge is -2.25. The standard InChI is InChI=1S/C21H29F2O9P/c1-5-31-33(27,32-6-2)21(22,23)9-10-29-11-12-30-17-8-7-16(19(14-17)28-4)13-18(15(3)24)20(25)26/h7-8,13-14H,5-6,9-12H2,1-4H3,(H,25,26)/b18-13+. The molecule has 33 heavy (non-hydrogen) atoms. The summed E-state index contributed by atoms with van der Waals surface area (Å²) in [7, 11) is -3.21. The van der Waals surface area contributed by atoms with Crippen LogP contribution in [0.4, 0.5) is 8.78 Å². The molecule has 1 aromatic carbocycles. The number of hydrogen-bond acceptors (Lipinski definition) is 8. The molecule has 0 spiro atoms.